The van der Waals surface area contributed by atoms with Gasteiger partial charge in [-0.1, -0.05) is 24.3 Å². The lowest BCUT2D eigenvalue weighted by molar-refractivity contribution is -0.108. The summed E-state index contributed by atoms with van der Waals surface area (Å²) in [6.07, 6.45) is 4.62. The average molecular weight is 159 g/mol. The quantitative estimate of drug-likeness (QED) is 0.634. The number of rotatable bonds is 1. The second-order valence-corrected chi connectivity index (χ2v) is 2.75. The van der Waals surface area contributed by atoms with E-state index in [1.165, 1.54) is 0 Å². The van der Waals surface area contributed by atoms with Crippen molar-refractivity contribution >= 4 is 12.0 Å². The second kappa shape index (κ2) is 2.81. The fourth-order valence-corrected chi connectivity index (χ4v) is 1.38. The minimum absolute atomic E-state index is 0.0811. The van der Waals surface area contributed by atoms with E-state index in [0.29, 0.717) is 0 Å². The minimum Gasteiger partial charge on any atom is -0.362 e. The highest BCUT2D eigenvalue weighted by atomic mass is 16.1. The summed E-state index contributed by atoms with van der Waals surface area (Å²) < 4.78 is 0. The Hall–Kier alpha value is -1.57. The van der Waals surface area contributed by atoms with Crippen molar-refractivity contribution in [2.75, 3.05) is 5.32 Å². The second-order valence-electron chi connectivity index (χ2n) is 2.75. The van der Waals surface area contributed by atoms with Gasteiger partial charge in [0.2, 0.25) is 0 Å². The number of hydrogen-bond donors (Lipinski definition) is 1. The average Bonchev–Trinajstić information content (AvgIpc) is 2.17. The molecule has 1 aromatic carbocycles. The number of anilines is 1. The lowest BCUT2D eigenvalue weighted by atomic mass is 9.97. The van der Waals surface area contributed by atoms with Gasteiger partial charge in [-0.3, -0.25) is 0 Å². The van der Waals surface area contributed by atoms with Gasteiger partial charge in [0.1, 0.15) is 6.29 Å². The number of nitrogens with one attached hydrogen (secondary N) is 1. The highest BCUT2D eigenvalue weighted by Crippen LogP contribution is 2.27. The summed E-state index contributed by atoms with van der Waals surface area (Å²) in [6, 6.07) is 7.82. The van der Waals surface area contributed by atoms with Crippen LogP contribution in [0.25, 0.3) is 0 Å². The summed E-state index contributed by atoms with van der Waals surface area (Å²) in [4.78, 5) is 10.6. The number of para-hydroxylation sites is 1. The zero-order valence-corrected chi connectivity index (χ0v) is 6.53. The molecule has 2 rings (SSSR count). The van der Waals surface area contributed by atoms with Crippen LogP contribution in [0.2, 0.25) is 0 Å². The Morgan fingerprint density at radius 2 is 2.17 bits per heavy atom. The molecule has 2 nitrogen and oxygen atoms in total. The van der Waals surface area contributed by atoms with E-state index < -0.39 is 0 Å². The highest BCUT2D eigenvalue weighted by molar-refractivity contribution is 5.73. The zero-order valence-electron chi connectivity index (χ0n) is 6.53. The van der Waals surface area contributed by atoms with E-state index in [4.69, 9.17) is 0 Å². The first-order valence-corrected chi connectivity index (χ1v) is 3.89. The number of aldehydes is 1. The van der Waals surface area contributed by atoms with Crippen LogP contribution < -0.4 is 5.32 Å². The molecule has 1 unspecified atom stereocenters. The van der Waals surface area contributed by atoms with Crippen molar-refractivity contribution in [3.8, 4) is 0 Å². The van der Waals surface area contributed by atoms with Crippen LogP contribution in [0.4, 0.5) is 5.69 Å². The third-order valence-electron chi connectivity index (χ3n) is 2.01. The molecule has 2 heteroatoms. The monoisotopic (exact) mass is 159 g/mol. The van der Waals surface area contributed by atoms with Gasteiger partial charge in [-0.05, 0) is 17.8 Å². The number of fused-ring (bicyclic) bond motifs is 1. The molecule has 0 bridgehead atoms. The third kappa shape index (κ3) is 1.01. The molecule has 0 radical (unpaired) electrons. The molecule has 60 valence electrons. The highest BCUT2D eigenvalue weighted by Gasteiger charge is 2.13. The van der Waals surface area contributed by atoms with Gasteiger partial charge in [-0.15, -0.1) is 0 Å². The Kier molecular flexibility index (Phi) is 1.67. The van der Waals surface area contributed by atoms with Crippen LogP contribution in [0.15, 0.2) is 36.5 Å². The van der Waals surface area contributed by atoms with Crippen molar-refractivity contribution < 1.29 is 4.79 Å². The van der Waals surface area contributed by atoms with Gasteiger partial charge in [-0.25, -0.2) is 0 Å². The molecular weight excluding hydrogens is 150 g/mol. The first-order valence-electron chi connectivity index (χ1n) is 3.89. The maximum atomic E-state index is 10.6. The van der Waals surface area contributed by atoms with Crippen LogP contribution in [0.1, 0.15) is 11.5 Å². The van der Waals surface area contributed by atoms with E-state index in [2.05, 4.69) is 5.32 Å². The molecular formula is C10H9NO. The smallest absolute Gasteiger partial charge is 0.131 e. The molecule has 0 saturated heterocycles. The molecule has 0 saturated carbocycles. The van der Waals surface area contributed by atoms with Gasteiger partial charge in [0.25, 0.3) is 0 Å². The van der Waals surface area contributed by atoms with Crippen molar-refractivity contribution in [1.29, 1.82) is 0 Å². The van der Waals surface area contributed by atoms with Crippen LogP contribution in [-0.4, -0.2) is 6.29 Å². The third-order valence-corrected chi connectivity index (χ3v) is 2.01. The molecule has 1 N–H and O–H groups in total. The maximum Gasteiger partial charge on any atom is 0.131 e. The SMILES string of the molecule is O=CC1C=CNc2ccccc21. The van der Waals surface area contributed by atoms with Crippen LogP contribution >= 0.6 is 0 Å². The summed E-state index contributed by atoms with van der Waals surface area (Å²) in [5.41, 5.74) is 2.08. The van der Waals surface area contributed by atoms with Gasteiger partial charge in [0.05, 0.1) is 5.92 Å². The first-order chi connectivity index (χ1) is 5.92. The molecule has 0 fully saturated rings. The van der Waals surface area contributed by atoms with Gasteiger partial charge >= 0.3 is 0 Å². The number of benzene rings is 1. The Balaban J connectivity index is 2.49. The number of carbonyl (C=O) groups is 1. The summed E-state index contributed by atoms with van der Waals surface area (Å²) in [7, 11) is 0. The van der Waals surface area contributed by atoms with Crippen molar-refractivity contribution in [2.45, 2.75) is 5.92 Å². The molecule has 0 spiro atoms. The van der Waals surface area contributed by atoms with E-state index in [9.17, 15) is 4.79 Å². The Morgan fingerprint density at radius 1 is 1.33 bits per heavy atom. The van der Waals surface area contributed by atoms with Crippen molar-refractivity contribution in [3.05, 3.63) is 42.1 Å². The zero-order chi connectivity index (χ0) is 8.39. The van der Waals surface area contributed by atoms with Crippen molar-refractivity contribution in [3.63, 3.8) is 0 Å². The van der Waals surface area contributed by atoms with Crippen LogP contribution in [-0.2, 0) is 4.79 Å². The van der Waals surface area contributed by atoms with Crippen LogP contribution in [0.3, 0.4) is 0 Å². The van der Waals surface area contributed by atoms with Crippen molar-refractivity contribution in [1.82, 2.24) is 0 Å². The molecule has 1 aliphatic rings. The Labute approximate surface area is 70.9 Å². The molecule has 12 heavy (non-hydrogen) atoms. The number of carbonyl (C=O) groups excluding carboxylic acids is 1. The summed E-state index contributed by atoms with van der Waals surface area (Å²) in [5, 5.41) is 3.09. The Bertz CT molecular complexity index is 330. The van der Waals surface area contributed by atoms with E-state index >= 15 is 0 Å². The van der Waals surface area contributed by atoms with Gasteiger partial charge in [0, 0.05) is 5.69 Å². The Morgan fingerprint density at radius 3 is 3.00 bits per heavy atom. The lowest BCUT2D eigenvalue weighted by Crippen LogP contribution is -2.06. The molecule has 0 aliphatic carbocycles. The maximum absolute atomic E-state index is 10.6. The van der Waals surface area contributed by atoms with E-state index in [0.717, 1.165) is 17.5 Å². The molecule has 1 aromatic rings. The molecule has 1 atom stereocenters. The number of allylic oxidation sites excluding steroid dienone is 1. The molecule has 0 aromatic heterocycles. The topological polar surface area (TPSA) is 29.1 Å². The predicted octanol–water partition coefficient (Wildman–Crippen LogP) is 1.91. The lowest BCUT2D eigenvalue weighted by Gasteiger charge is -2.16. The van der Waals surface area contributed by atoms with Crippen LogP contribution in [0, 0.1) is 0 Å². The predicted molar refractivity (Wildman–Crippen MR) is 48.0 cm³/mol. The molecule has 1 heterocycles. The number of hydrogen-bond acceptors (Lipinski definition) is 2. The fourth-order valence-electron chi connectivity index (χ4n) is 1.38. The largest absolute Gasteiger partial charge is 0.362 e. The molecule has 1 aliphatic heterocycles. The van der Waals surface area contributed by atoms with Gasteiger partial charge < -0.3 is 10.1 Å². The summed E-state index contributed by atoms with van der Waals surface area (Å²) in [6.45, 7) is 0. The van der Waals surface area contributed by atoms with E-state index in [1.807, 2.05) is 30.3 Å². The van der Waals surface area contributed by atoms with Crippen molar-refractivity contribution in [2.24, 2.45) is 0 Å². The van der Waals surface area contributed by atoms with Gasteiger partial charge in [-0.2, -0.15) is 0 Å². The standard InChI is InChI=1S/C10H9NO/c12-7-8-5-6-11-10-4-2-1-3-9(8)10/h1-8,11H. The first kappa shape index (κ1) is 7.10. The van der Waals surface area contributed by atoms with Crippen LogP contribution in [0.5, 0.6) is 0 Å². The summed E-state index contributed by atoms with van der Waals surface area (Å²) in [5.74, 6) is -0.0811. The fraction of sp³-hybridized carbons (Fsp3) is 0.100. The van der Waals surface area contributed by atoms with Gasteiger partial charge in [0.15, 0.2) is 0 Å². The summed E-state index contributed by atoms with van der Waals surface area (Å²) >= 11 is 0. The normalized spacial score (nSPS) is 19.5. The minimum atomic E-state index is -0.0811. The molecule has 0 amide bonds. The van der Waals surface area contributed by atoms with E-state index in [1.54, 1.807) is 6.20 Å². The van der Waals surface area contributed by atoms with E-state index in [-0.39, 0.29) is 5.92 Å².